The molecule has 1 atom stereocenters. The van der Waals surface area contributed by atoms with E-state index in [0.717, 1.165) is 96.3 Å². The van der Waals surface area contributed by atoms with Crippen molar-refractivity contribution in [2.45, 2.75) is 277 Å². The van der Waals surface area contributed by atoms with E-state index in [4.69, 9.17) is 14.2 Å². The van der Waals surface area contributed by atoms with Crippen LogP contribution in [0, 0.1) is 0 Å². The lowest BCUT2D eigenvalue weighted by Gasteiger charge is -2.18. The smallest absolute Gasteiger partial charge is 0.306 e. The Hall–Kier alpha value is -3.15. The number of ether oxygens (including phenoxy) is 3. The van der Waals surface area contributed by atoms with Crippen LogP contribution in [0.2, 0.25) is 0 Å². The molecular weight excluding hydrogens is 817 g/mol. The van der Waals surface area contributed by atoms with E-state index in [1.807, 2.05) is 0 Å². The number of unbranched alkanes of at least 4 members (excludes halogenated alkanes) is 30. The van der Waals surface area contributed by atoms with E-state index in [-0.39, 0.29) is 31.1 Å². The maximum atomic E-state index is 12.8. The van der Waals surface area contributed by atoms with Gasteiger partial charge in [0.05, 0.1) is 0 Å². The Balaban J connectivity index is 4.39. The molecule has 1 unspecified atom stereocenters. The summed E-state index contributed by atoms with van der Waals surface area (Å²) in [6.45, 7) is 6.46. The van der Waals surface area contributed by atoms with Gasteiger partial charge in [-0.1, -0.05) is 235 Å². The van der Waals surface area contributed by atoms with Crippen LogP contribution in [-0.4, -0.2) is 37.2 Å². The summed E-state index contributed by atoms with van der Waals surface area (Å²) in [5, 5.41) is 0. The van der Waals surface area contributed by atoms with Crippen molar-refractivity contribution in [2.75, 3.05) is 13.2 Å². The average Bonchev–Trinajstić information content (AvgIpc) is 3.31. The molecule has 0 fully saturated rings. The van der Waals surface area contributed by atoms with Crippen LogP contribution in [0.5, 0.6) is 0 Å². The molecule has 0 aromatic carbocycles. The molecule has 380 valence electrons. The van der Waals surface area contributed by atoms with Crippen LogP contribution in [0.15, 0.2) is 72.9 Å². The number of hydrogen-bond acceptors (Lipinski definition) is 6. The van der Waals surface area contributed by atoms with Gasteiger partial charge in [-0.3, -0.25) is 14.4 Å². The molecule has 0 rings (SSSR count). The summed E-state index contributed by atoms with van der Waals surface area (Å²) in [5.41, 5.74) is 0. The van der Waals surface area contributed by atoms with Gasteiger partial charge < -0.3 is 14.2 Å². The van der Waals surface area contributed by atoms with E-state index in [1.54, 1.807) is 0 Å². The highest BCUT2D eigenvalue weighted by Crippen LogP contribution is 2.15. The van der Waals surface area contributed by atoms with Crippen molar-refractivity contribution >= 4 is 17.9 Å². The molecule has 0 aliphatic carbocycles. The van der Waals surface area contributed by atoms with Gasteiger partial charge in [0.15, 0.2) is 6.10 Å². The Kier molecular flexibility index (Phi) is 51.9. The first kappa shape index (κ1) is 62.8. The van der Waals surface area contributed by atoms with Crippen molar-refractivity contribution < 1.29 is 28.6 Å². The van der Waals surface area contributed by atoms with Gasteiger partial charge in [0.2, 0.25) is 0 Å². The first-order valence-corrected chi connectivity index (χ1v) is 28.0. The van der Waals surface area contributed by atoms with Crippen LogP contribution in [0.25, 0.3) is 0 Å². The van der Waals surface area contributed by atoms with Gasteiger partial charge in [0, 0.05) is 19.3 Å². The van der Waals surface area contributed by atoms with E-state index >= 15 is 0 Å². The molecule has 0 saturated carbocycles. The van der Waals surface area contributed by atoms with Crippen molar-refractivity contribution in [3.05, 3.63) is 72.9 Å². The zero-order valence-electron chi connectivity index (χ0n) is 43.4. The molecule has 66 heavy (non-hydrogen) atoms. The Labute approximate surface area is 408 Å². The molecule has 0 aromatic rings. The number of hydrogen-bond donors (Lipinski definition) is 0. The SMILES string of the molecule is CC/C=C/C=C/C=C/CCCCCCCC(=O)OCC(COC(=O)CCCCCCCCCCCC/C=C/C=C/CCCCC)OC(=O)CCCCCCC/C=C/CCCCCCCCC. The molecule has 0 radical (unpaired) electrons. The van der Waals surface area contributed by atoms with Gasteiger partial charge in [-0.15, -0.1) is 0 Å². The summed E-state index contributed by atoms with van der Waals surface area (Å²) in [6.07, 6.45) is 68.9. The molecule has 0 aromatic heterocycles. The molecule has 0 heterocycles. The second-order valence-electron chi connectivity index (χ2n) is 18.5. The summed E-state index contributed by atoms with van der Waals surface area (Å²) in [4.78, 5) is 38.1. The molecule has 6 heteroatoms. The minimum Gasteiger partial charge on any atom is -0.462 e. The lowest BCUT2D eigenvalue weighted by molar-refractivity contribution is -0.167. The second-order valence-corrected chi connectivity index (χ2v) is 18.5. The van der Waals surface area contributed by atoms with E-state index in [1.165, 1.54) is 135 Å². The van der Waals surface area contributed by atoms with E-state index in [9.17, 15) is 14.4 Å². The number of rotatable bonds is 50. The van der Waals surface area contributed by atoms with Gasteiger partial charge in [-0.25, -0.2) is 0 Å². The third-order valence-electron chi connectivity index (χ3n) is 12.0. The van der Waals surface area contributed by atoms with Gasteiger partial charge in [-0.2, -0.15) is 0 Å². The lowest BCUT2D eigenvalue weighted by atomic mass is 10.1. The molecule has 0 bridgehead atoms. The van der Waals surface area contributed by atoms with Crippen LogP contribution in [0.3, 0.4) is 0 Å². The predicted octanol–water partition coefficient (Wildman–Crippen LogP) is 18.6. The Morgan fingerprint density at radius 2 is 0.606 bits per heavy atom. The van der Waals surface area contributed by atoms with Gasteiger partial charge in [-0.05, 0) is 89.9 Å². The number of carbonyl (C=O) groups excluding carboxylic acids is 3. The van der Waals surface area contributed by atoms with Crippen LogP contribution < -0.4 is 0 Å². The summed E-state index contributed by atoms with van der Waals surface area (Å²) in [7, 11) is 0. The molecule has 0 N–H and O–H groups in total. The zero-order valence-corrected chi connectivity index (χ0v) is 43.4. The van der Waals surface area contributed by atoms with Crippen molar-refractivity contribution in [1.29, 1.82) is 0 Å². The largest absolute Gasteiger partial charge is 0.462 e. The topological polar surface area (TPSA) is 78.9 Å². The first-order valence-electron chi connectivity index (χ1n) is 28.0. The number of esters is 3. The zero-order chi connectivity index (χ0) is 47.9. The summed E-state index contributed by atoms with van der Waals surface area (Å²) in [5.74, 6) is -0.914. The lowest BCUT2D eigenvalue weighted by Crippen LogP contribution is -2.30. The van der Waals surface area contributed by atoms with Crippen molar-refractivity contribution in [1.82, 2.24) is 0 Å². The highest BCUT2D eigenvalue weighted by Gasteiger charge is 2.19. The maximum absolute atomic E-state index is 12.8. The molecule has 0 aliphatic rings. The maximum Gasteiger partial charge on any atom is 0.306 e. The number of carbonyl (C=O) groups is 3. The van der Waals surface area contributed by atoms with E-state index < -0.39 is 6.10 Å². The van der Waals surface area contributed by atoms with Gasteiger partial charge in [0.1, 0.15) is 13.2 Å². The van der Waals surface area contributed by atoms with Gasteiger partial charge in [0.25, 0.3) is 0 Å². The molecule has 0 aliphatic heterocycles. The number of allylic oxidation sites excluding steroid dienone is 12. The fraction of sp³-hybridized carbons (Fsp3) is 0.750. The Morgan fingerprint density at radius 3 is 1.00 bits per heavy atom. The molecular formula is C60H104O6. The molecule has 0 amide bonds. The fourth-order valence-corrected chi connectivity index (χ4v) is 7.78. The Bertz CT molecular complexity index is 1240. The predicted molar refractivity (Wildman–Crippen MR) is 284 cm³/mol. The first-order chi connectivity index (χ1) is 32.5. The second kappa shape index (κ2) is 54.5. The summed E-state index contributed by atoms with van der Waals surface area (Å²) in [6, 6.07) is 0. The highest BCUT2D eigenvalue weighted by atomic mass is 16.6. The molecule has 0 saturated heterocycles. The third kappa shape index (κ3) is 51.8. The monoisotopic (exact) mass is 921 g/mol. The van der Waals surface area contributed by atoms with Crippen LogP contribution in [0.1, 0.15) is 271 Å². The fourth-order valence-electron chi connectivity index (χ4n) is 7.78. The van der Waals surface area contributed by atoms with E-state index in [0.29, 0.717) is 19.3 Å². The van der Waals surface area contributed by atoms with Crippen molar-refractivity contribution in [3.63, 3.8) is 0 Å². The van der Waals surface area contributed by atoms with Gasteiger partial charge >= 0.3 is 17.9 Å². The van der Waals surface area contributed by atoms with Crippen LogP contribution in [0.4, 0.5) is 0 Å². The van der Waals surface area contributed by atoms with Crippen LogP contribution >= 0.6 is 0 Å². The minimum atomic E-state index is -0.789. The molecule has 0 spiro atoms. The third-order valence-corrected chi connectivity index (χ3v) is 12.0. The minimum absolute atomic E-state index is 0.0868. The standard InChI is InChI=1S/C60H104O6/c1-4-7-10-13-16-19-22-25-27-29-30-31-33-35-38-41-44-47-50-53-59(62)65-56-57(55-64-58(61)52-49-46-43-40-37-34-24-21-18-15-12-9-6-3)66-60(63)54-51-48-45-42-39-36-32-28-26-23-20-17-14-11-8-5-2/h9,12,15-16,18-19,21-22,24-25,28,32,57H,4-8,10-11,13-14,17,20,23,26-27,29-31,33-56H2,1-3H3/b12-9+,18-15+,19-16+,24-21+,25-22+,32-28+. The Morgan fingerprint density at radius 1 is 0.318 bits per heavy atom. The summed E-state index contributed by atoms with van der Waals surface area (Å²) >= 11 is 0. The normalized spacial score (nSPS) is 12.6. The quantitative estimate of drug-likeness (QED) is 0.0199. The van der Waals surface area contributed by atoms with Crippen LogP contribution in [-0.2, 0) is 28.6 Å². The summed E-state index contributed by atoms with van der Waals surface area (Å²) < 4.78 is 16.8. The van der Waals surface area contributed by atoms with Crippen molar-refractivity contribution in [3.8, 4) is 0 Å². The van der Waals surface area contributed by atoms with E-state index in [2.05, 4.69) is 93.7 Å². The average molecular weight is 921 g/mol. The highest BCUT2D eigenvalue weighted by molar-refractivity contribution is 5.71. The van der Waals surface area contributed by atoms with Crippen molar-refractivity contribution in [2.24, 2.45) is 0 Å². The molecule has 6 nitrogen and oxygen atoms in total.